The van der Waals surface area contributed by atoms with Gasteiger partial charge >= 0.3 is 0 Å². The smallest absolute Gasteiger partial charge is 0.300 e. The molecule has 1 aliphatic carbocycles. The molecule has 11 nitrogen and oxygen atoms in total. The summed E-state index contributed by atoms with van der Waals surface area (Å²) in [6, 6.07) is 28.4. The van der Waals surface area contributed by atoms with Gasteiger partial charge in [-0.05, 0) is 131 Å². The number of benzene rings is 4. The Bertz CT molecular complexity index is 1880. The first-order chi connectivity index (χ1) is 30.6. The number of ether oxygens (including phenoxy) is 2. The van der Waals surface area contributed by atoms with E-state index in [0.29, 0.717) is 6.47 Å². The van der Waals surface area contributed by atoms with E-state index in [4.69, 9.17) is 19.4 Å². The minimum atomic E-state index is -0.833. The molecule has 378 valence electrons. The first-order valence-corrected chi connectivity index (χ1v) is 22.6. The molecular formula is C54H86N4O7VWY. The maximum absolute atomic E-state index is 9.70. The minimum Gasteiger partial charge on any atom is -0.481 e. The Morgan fingerprint density at radius 3 is 1.38 bits per heavy atom. The van der Waals surface area contributed by atoms with Crippen molar-refractivity contribution < 1.29 is 106 Å². The monoisotopic (exact) mass is 1230 g/mol. The average molecular weight is 1230 g/mol. The van der Waals surface area contributed by atoms with Crippen LogP contribution in [0.3, 0.4) is 0 Å². The Morgan fingerprint density at radius 2 is 1.06 bits per heavy atom. The molecule has 0 heterocycles. The maximum atomic E-state index is 9.70. The number of hydrogen-bond acceptors (Lipinski definition) is 8. The number of aliphatic carboxylic acids is 1. The van der Waals surface area contributed by atoms with Crippen molar-refractivity contribution in [3.05, 3.63) is 118 Å². The molecule has 2 amide bonds. The molecule has 0 spiro atoms. The summed E-state index contributed by atoms with van der Waals surface area (Å²) in [7, 11) is 4.51. The maximum Gasteiger partial charge on any atom is 0.300 e. The number of rotatable bonds is 6. The number of nitrogens with one attached hydrogen (secondary N) is 2. The zero-order valence-electron chi connectivity index (χ0n) is 45.1. The van der Waals surface area contributed by atoms with Crippen molar-refractivity contribution in [2.45, 2.75) is 131 Å². The quantitative estimate of drug-likeness (QED) is 0.128. The number of carboxylic acid groups (broad SMARTS) is 1. The summed E-state index contributed by atoms with van der Waals surface area (Å²) in [5, 5.41) is 20.7. The van der Waals surface area contributed by atoms with Crippen LogP contribution in [0.25, 0.3) is 0 Å². The number of methoxy groups -OCH3 is 1. The molecule has 1 aliphatic rings. The normalized spacial score (nSPS) is 14.1. The van der Waals surface area contributed by atoms with E-state index >= 15 is 0 Å². The summed E-state index contributed by atoms with van der Waals surface area (Å²) in [5.74, 6) is 4.89. The van der Waals surface area contributed by atoms with E-state index < -0.39 is 5.97 Å². The number of amides is 2. The van der Waals surface area contributed by atoms with Crippen molar-refractivity contribution in [3.8, 4) is 11.5 Å². The Labute approximate surface area is 464 Å². The van der Waals surface area contributed by atoms with Crippen LogP contribution in [0.15, 0.2) is 95.2 Å². The fourth-order valence-electron chi connectivity index (χ4n) is 5.85. The van der Waals surface area contributed by atoms with Crippen LogP contribution in [0.1, 0.15) is 122 Å². The van der Waals surface area contributed by atoms with Crippen molar-refractivity contribution in [1.29, 1.82) is 0 Å². The second kappa shape index (κ2) is 49.9. The van der Waals surface area contributed by atoms with Gasteiger partial charge in [-0.15, -0.1) is 0 Å². The van der Waals surface area contributed by atoms with Crippen LogP contribution in [0.4, 0.5) is 11.4 Å². The molecule has 4 unspecified atom stereocenters. The summed E-state index contributed by atoms with van der Waals surface area (Å²) in [6.07, 6.45) is 2.84. The number of carbonyl (C=O) groups is 4. The first kappa shape index (κ1) is 78.7. The molecule has 2 radical (unpaired) electrons. The number of azo groups is 1. The van der Waals surface area contributed by atoms with E-state index in [1.54, 1.807) is 14.1 Å². The molecule has 1 saturated carbocycles. The van der Waals surface area contributed by atoms with Crippen LogP contribution in [-0.2, 0) is 96.2 Å². The van der Waals surface area contributed by atoms with E-state index in [1.807, 2.05) is 76.2 Å². The average Bonchev–Trinajstić information content (AvgIpc) is 3.53. The molecule has 4 atom stereocenters. The number of carbonyl (C=O) groups excluding carboxylic acids is 3. The molecule has 1 fully saturated rings. The van der Waals surface area contributed by atoms with Gasteiger partial charge in [-0.2, -0.15) is 10.2 Å². The van der Waals surface area contributed by atoms with Crippen LogP contribution in [0.2, 0.25) is 0 Å². The molecule has 0 aliphatic heterocycles. The number of nitrogens with zero attached hydrogens (tertiary/aromatic N) is 2. The largest absolute Gasteiger partial charge is 0.481 e. The van der Waals surface area contributed by atoms with Crippen molar-refractivity contribution in [2.24, 2.45) is 33.9 Å². The first-order valence-electron chi connectivity index (χ1n) is 22.6. The minimum absolute atomic E-state index is 0. The van der Waals surface area contributed by atoms with Crippen LogP contribution in [0.5, 0.6) is 11.5 Å². The second-order valence-corrected chi connectivity index (χ2v) is 15.1. The van der Waals surface area contributed by atoms with Gasteiger partial charge < -0.3 is 25.2 Å². The van der Waals surface area contributed by atoms with Gasteiger partial charge in [0.15, 0.2) is 0 Å². The van der Waals surface area contributed by atoms with Gasteiger partial charge in [-0.1, -0.05) is 121 Å². The number of hydrogen-bond donors (Lipinski definition) is 3. The Morgan fingerprint density at radius 1 is 0.662 bits per heavy atom. The molecular weight excluding hydrogens is 1140 g/mol. The van der Waals surface area contributed by atoms with Crippen LogP contribution >= 0.6 is 0 Å². The topological polar surface area (TPSA) is 156 Å². The number of carboxylic acids is 1. The van der Waals surface area contributed by atoms with Crippen molar-refractivity contribution in [3.63, 3.8) is 0 Å². The van der Waals surface area contributed by atoms with E-state index in [2.05, 4.69) is 131 Å². The standard InChI is InChI=1S/C15H16N2.C15H16O.C10H20.2C3H7NO.2C2H4O2.2C2H6.V.W.Y/c1-11-4-7-14(8-5-11)16-17-15-9-6-12(2)10-13(15)3;1-11-4-7-14(8-5-11)16-15-9-6-12(2)13(3)10-15;1-5-10-8(3)6-7(2)9(10)4;2*1-3(5)4-2;1-4-2-3;1-2(3)4;2*1-2;;;/h4-10H,1-3H3;4-10H,1-3H3;7-10H,5-6H2,1-4H3;2*1-2H3,(H,4,5);2H,1H3;1H3,(H,3,4);2*1-2H3;;;. The van der Waals surface area contributed by atoms with Crippen LogP contribution < -0.4 is 15.4 Å². The van der Waals surface area contributed by atoms with Gasteiger partial charge in [0.25, 0.3) is 12.4 Å². The fraction of sp³-hybridized carbons (Fsp3) is 0.481. The third kappa shape index (κ3) is 42.6. The molecule has 0 bridgehead atoms. The molecule has 4 aromatic carbocycles. The second-order valence-electron chi connectivity index (χ2n) is 15.1. The molecule has 5 rings (SSSR count). The number of aryl methyl sites for hydroxylation is 6. The predicted molar refractivity (Wildman–Crippen MR) is 273 cm³/mol. The van der Waals surface area contributed by atoms with Crippen molar-refractivity contribution >= 4 is 35.6 Å². The van der Waals surface area contributed by atoms with Gasteiger partial charge in [0.1, 0.15) is 11.5 Å². The zero-order valence-corrected chi connectivity index (χ0v) is 52.3. The molecule has 14 heteroatoms. The Balaban J connectivity index is -0.000000135. The van der Waals surface area contributed by atoms with Gasteiger partial charge in [0, 0.05) is 107 Å². The summed E-state index contributed by atoms with van der Waals surface area (Å²) in [4.78, 5) is 37.4. The van der Waals surface area contributed by atoms with E-state index in [0.717, 1.165) is 59.0 Å². The summed E-state index contributed by atoms with van der Waals surface area (Å²) in [5.41, 5.74) is 9.23. The Hall–Kier alpha value is -3.46. The molecule has 0 saturated heterocycles. The molecule has 68 heavy (non-hydrogen) atoms. The van der Waals surface area contributed by atoms with Crippen molar-refractivity contribution in [2.75, 3.05) is 21.2 Å². The third-order valence-corrected chi connectivity index (χ3v) is 9.71. The zero-order chi connectivity index (χ0) is 51.1. The van der Waals surface area contributed by atoms with Gasteiger partial charge in [0.05, 0.1) is 18.5 Å². The predicted octanol–water partition coefficient (Wildman–Crippen LogP) is 14.2. The fourth-order valence-corrected chi connectivity index (χ4v) is 5.85. The molecule has 4 aromatic rings. The van der Waals surface area contributed by atoms with Gasteiger partial charge in [-0.3, -0.25) is 19.2 Å². The summed E-state index contributed by atoms with van der Waals surface area (Å²) in [6.45, 7) is 34.4. The molecule has 3 N–H and O–H groups in total. The van der Waals surface area contributed by atoms with Crippen LogP contribution in [-0.4, -0.2) is 50.6 Å². The van der Waals surface area contributed by atoms with Crippen LogP contribution in [0, 0.1) is 65.2 Å². The van der Waals surface area contributed by atoms with E-state index in [1.165, 1.54) is 61.6 Å². The third-order valence-electron chi connectivity index (χ3n) is 9.71. The van der Waals surface area contributed by atoms with E-state index in [9.17, 15) is 9.59 Å². The van der Waals surface area contributed by atoms with Gasteiger partial charge in [-0.25, -0.2) is 0 Å². The molecule has 0 aromatic heterocycles. The van der Waals surface area contributed by atoms with Crippen molar-refractivity contribution in [1.82, 2.24) is 10.6 Å². The SMILES string of the molecule is CC.CC.CC(=O)O.CCC1C(C)CC(C)C1C.CNC(C)=O.CNC(C)=O.COC=O.Cc1ccc(N=Nc2ccc(C)cc2C)cc1.Cc1ccc(Oc2ccc(C)c(C)c2)cc1.[V].[W].[Y]. The Kier molecular flexibility index (Phi) is 57.8. The summed E-state index contributed by atoms with van der Waals surface area (Å²) >= 11 is 0. The summed E-state index contributed by atoms with van der Waals surface area (Å²) < 4.78 is 9.63. The van der Waals surface area contributed by atoms with Gasteiger partial charge in [0.2, 0.25) is 11.8 Å². The van der Waals surface area contributed by atoms with E-state index in [-0.39, 0.29) is 84.1 Å².